The Kier molecular flexibility index (Phi) is 3.53. The molecule has 0 spiro atoms. The molecule has 4 nitrogen and oxygen atoms in total. The number of nitrogens with two attached hydrogens (primary N) is 1. The van der Waals surface area contributed by atoms with Gasteiger partial charge in [0, 0.05) is 15.9 Å². The van der Waals surface area contributed by atoms with Crippen LogP contribution in [0.15, 0.2) is 17.5 Å². The SMILES string of the molecule is NC(=S)C1CN(C(=O)c2cc3sccc3s2)CCO1. The van der Waals surface area contributed by atoms with Crippen LogP contribution in [0.3, 0.4) is 0 Å². The van der Waals surface area contributed by atoms with Gasteiger partial charge in [-0.05, 0) is 17.5 Å². The average molecular weight is 312 g/mol. The van der Waals surface area contributed by atoms with Crippen molar-refractivity contribution in [3.05, 3.63) is 22.4 Å². The third-order valence-corrected chi connectivity index (χ3v) is 5.37. The second-order valence-electron chi connectivity index (χ2n) is 4.27. The summed E-state index contributed by atoms with van der Waals surface area (Å²) in [7, 11) is 0. The quantitative estimate of drug-likeness (QED) is 0.863. The molecule has 1 unspecified atom stereocenters. The van der Waals surface area contributed by atoms with E-state index in [9.17, 15) is 4.79 Å². The third-order valence-electron chi connectivity index (χ3n) is 3.02. The normalized spacial score (nSPS) is 19.8. The minimum atomic E-state index is -0.325. The molecule has 2 aromatic rings. The number of nitrogens with zero attached hydrogens (tertiary/aromatic N) is 1. The number of fused-ring (bicyclic) bond motifs is 1. The summed E-state index contributed by atoms with van der Waals surface area (Å²) in [4.78, 5) is 15.3. The van der Waals surface area contributed by atoms with Crippen LogP contribution >= 0.6 is 34.9 Å². The number of hydrogen-bond donors (Lipinski definition) is 1. The number of amides is 1. The van der Waals surface area contributed by atoms with Gasteiger partial charge < -0.3 is 15.4 Å². The van der Waals surface area contributed by atoms with E-state index in [4.69, 9.17) is 22.7 Å². The molecule has 2 N–H and O–H groups in total. The zero-order valence-electron chi connectivity index (χ0n) is 10.00. The van der Waals surface area contributed by atoms with Crippen molar-refractivity contribution in [1.29, 1.82) is 0 Å². The second kappa shape index (κ2) is 5.16. The molecule has 2 aromatic heterocycles. The van der Waals surface area contributed by atoms with Crippen LogP contribution in [-0.2, 0) is 4.74 Å². The maximum Gasteiger partial charge on any atom is 0.264 e. The van der Waals surface area contributed by atoms with E-state index in [1.54, 1.807) is 16.2 Å². The van der Waals surface area contributed by atoms with E-state index < -0.39 is 0 Å². The number of hydrogen-bond acceptors (Lipinski definition) is 5. The molecule has 1 aliphatic rings. The molecule has 19 heavy (non-hydrogen) atoms. The first-order valence-corrected chi connectivity index (χ1v) is 7.93. The molecule has 1 saturated heterocycles. The van der Waals surface area contributed by atoms with Crippen LogP contribution in [-0.4, -0.2) is 41.6 Å². The van der Waals surface area contributed by atoms with Crippen LogP contribution < -0.4 is 5.73 Å². The first-order valence-electron chi connectivity index (χ1n) is 5.82. The predicted molar refractivity (Wildman–Crippen MR) is 82.1 cm³/mol. The number of carbonyl (C=O) groups excluding carboxylic acids is 1. The van der Waals surface area contributed by atoms with E-state index in [1.807, 2.05) is 17.5 Å². The highest BCUT2D eigenvalue weighted by atomic mass is 32.1. The fourth-order valence-corrected chi connectivity index (χ4v) is 4.25. The highest BCUT2D eigenvalue weighted by Gasteiger charge is 2.27. The molecule has 0 radical (unpaired) electrons. The summed E-state index contributed by atoms with van der Waals surface area (Å²) in [6, 6.07) is 4.00. The van der Waals surface area contributed by atoms with Crippen molar-refractivity contribution >= 4 is 55.2 Å². The number of carbonyl (C=O) groups is 1. The average Bonchev–Trinajstić information content (AvgIpc) is 2.98. The summed E-state index contributed by atoms with van der Waals surface area (Å²) in [6.07, 6.45) is -0.325. The summed E-state index contributed by atoms with van der Waals surface area (Å²) in [5, 5.41) is 2.03. The number of thiophene rings is 2. The Morgan fingerprint density at radius 3 is 3.11 bits per heavy atom. The van der Waals surface area contributed by atoms with Gasteiger partial charge in [-0.25, -0.2) is 0 Å². The molecule has 7 heteroatoms. The molecule has 1 aliphatic heterocycles. The smallest absolute Gasteiger partial charge is 0.264 e. The minimum absolute atomic E-state index is 0.0398. The predicted octanol–water partition coefficient (Wildman–Crippen LogP) is 2.09. The van der Waals surface area contributed by atoms with Crippen LogP contribution in [0, 0.1) is 0 Å². The monoisotopic (exact) mass is 312 g/mol. The maximum absolute atomic E-state index is 12.4. The molecule has 0 saturated carbocycles. The van der Waals surface area contributed by atoms with Gasteiger partial charge in [-0.15, -0.1) is 22.7 Å². The van der Waals surface area contributed by atoms with Crippen molar-refractivity contribution in [2.75, 3.05) is 19.7 Å². The van der Waals surface area contributed by atoms with Crippen molar-refractivity contribution in [3.8, 4) is 0 Å². The molecule has 1 atom stereocenters. The Morgan fingerprint density at radius 2 is 2.37 bits per heavy atom. The summed E-state index contributed by atoms with van der Waals surface area (Å²) in [6.45, 7) is 1.51. The van der Waals surface area contributed by atoms with Crippen molar-refractivity contribution in [1.82, 2.24) is 4.90 Å². The lowest BCUT2D eigenvalue weighted by Gasteiger charge is -2.32. The van der Waals surface area contributed by atoms with Gasteiger partial charge in [0.25, 0.3) is 5.91 Å². The number of rotatable bonds is 2. The Hall–Kier alpha value is -1.02. The summed E-state index contributed by atoms with van der Waals surface area (Å²) < 4.78 is 7.76. The van der Waals surface area contributed by atoms with Crippen LogP contribution in [0.25, 0.3) is 9.40 Å². The van der Waals surface area contributed by atoms with Crippen molar-refractivity contribution in [3.63, 3.8) is 0 Å². The standard InChI is InChI=1S/C12H12N2O2S3/c13-11(17)7-6-14(2-3-16-7)12(15)10-5-9-8(19-10)1-4-18-9/h1,4-5,7H,2-3,6H2,(H2,13,17). The molecular weight excluding hydrogens is 300 g/mol. The molecule has 1 fully saturated rings. The molecule has 0 aromatic carbocycles. The van der Waals surface area contributed by atoms with E-state index >= 15 is 0 Å². The van der Waals surface area contributed by atoms with Crippen molar-refractivity contribution < 1.29 is 9.53 Å². The third kappa shape index (κ3) is 2.51. The zero-order chi connectivity index (χ0) is 13.4. The van der Waals surface area contributed by atoms with E-state index in [2.05, 4.69) is 0 Å². The van der Waals surface area contributed by atoms with Crippen molar-refractivity contribution in [2.45, 2.75) is 6.10 Å². The van der Waals surface area contributed by atoms with Gasteiger partial charge in [-0.1, -0.05) is 12.2 Å². The Bertz CT molecular complexity index is 605. The topological polar surface area (TPSA) is 55.6 Å². The Balaban J connectivity index is 1.79. The lowest BCUT2D eigenvalue weighted by molar-refractivity contribution is 0.00903. The lowest BCUT2D eigenvalue weighted by Crippen LogP contribution is -2.49. The summed E-state index contributed by atoms with van der Waals surface area (Å²) >= 11 is 8.11. The maximum atomic E-state index is 12.4. The number of ether oxygens (including phenoxy) is 1. The Labute approximate surface area is 123 Å². The molecule has 0 aliphatic carbocycles. The van der Waals surface area contributed by atoms with Gasteiger partial charge in [0.2, 0.25) is 0 Å². The van der Waals surface area contributed by atoms with E-state index in [0.717, 1.165) is 14.3 Å². The molecule has 3 rings (SSSR count). The van der Waals surface area contributed by atoms with E-state index in [-0.39, 0.29) is 12.0 Å². The highest BCUT2D eigenvalue weighted by molar-refractivity contribution is 7.80. The van der Waals surface area contributed by atoms with E-state index in [1.165, 1.54) is 11.3 Å². The molecule has 0 bridgehead atoms. The minimum Gasteiger partial charge on any atom is -0.391 e. The summed E-state index contributed by atoms with van der Waals surface area (Å²) in [5.74, 6) is 0.0398. The number of thiocarbonyl (C=S) groups is 1. The Morgan fingerprint density at radius 1 is 1.53 bits per heavy atom. The lowest BCUT2D eigenvalue weighted by atomic mass is 10.2. The van der Waals surface area contributed by atoms with Gasteiger partial charge in [-0.3, -0.25) is 4.79 Å². The van der Waals surface area contributed by atoms with Gasteiger partial charge in [-0.2, -0.15) is 0 Å². The van der Waals surface area contributed by atoms with Gasteiger partial charge in [0.05, 0.1) is 18.0 Å². The molecular formula is C12H12N2O2S3. The first kappa shape index (κ1) is 13.0. The zero-order valence-corrected chi connectivity index (χ0v) is 12.4. The molecule has 100 valence electrons. The molecule has 3 heterocycles. The summed E-state index contributed by atoms with van der Waals surface area (Å²) in [5.41, 5.74) is 5.59. The second-order valence-corrected chi connectivity index (χ2v) is 6.78. The fraction of sp³-hybridized carbons (Fsp3) is 0.333. The fourth-order valence-electron chi connectivity index (χ4n) is 2.03. The van der Waals surface area contributed by atoms with Gasteiger partial charge >= 0.3 is 0 Å². The largest absolute Gasteiger partial charge is 0.391 e. The van der Waals surface area contributed by atoms with E-state index in [0.29, 0.717) is 24.7 Å². The van der Waals surface area contributed by atoms with Crippen LogP contribution in [0.2, 0.25) is 0 Å². The van der Waals surface area contributed by atoms with Gasteiger partial charge in [0.1, 0.15) is 11.1 Å². The number of morpholine rings is 1. The van der Waals surface area contributed by atoms with Crippen LogP contribution in [0.1, 0.15) is 9.67 Å². The highest BCUT2D eigenvalue weighted by Crippen LogP contribution is 2.30. The molecule has 1 amide bonds. The van der Waals surface area contributed by atoms with Crippen LogP contribution in [0.4, 0.5) is 0 Å². The van der Waals surface area contributed by atoms with Crippen molar-refractivity contribution in [2.24, 2.45) is 5.73 Å². The van der Waals surface area contributed by atoms with Gasteiger partial charge in [0.15, 0.2) is 0 Å². The van der Waals surface area contributed by atoms with Crippen LogP contribution in [0.5, 0.6) is 0 Å². The first-order chi connectivity index (χ1) is 9.15.